The molecule has 1 aromatic rings. The zero-order valence-corrected chi connectivity index (χ0v) is 11.3. The quantitative estimate of drug-likeness (QED) is 0.827. The van der Waals surface area contributed by atoms with Crippen molar-refractivity contribution < 1.29 is 0 Å². The van der Waals surface area contributed by atoms with Crippen molar-refractivity contribution in [1.82, 2.24) is 0 Å². The molecule has 0 heterocycles. The zero-order chi connectivity index (χ0) is 12.7. The van der Waals surface area contributed by atoms with Crippen LogP contribution in [-0.4, -0.2) is 6.04 Å². The van der Waals surface area contributed by atoms with Crippen molar-refractivity contribution >= 4 is 6.08 Å². The summed E-state index contributed by atoms with van der Waals surface area (Å²) in [5.41, 5.74) is 8.09. The van der Waals surface area contributed by atoms with Gasteiger partial charge in [-0.25, -0.2) is 0 Å². The van der Waals surface area contributed by atoms with Gasteiger partial charge in [-0.3, -0.25) is 0 Å². The first kappa shape index (κ1) is 14.0. The van der Waals surface area contributed by atoms with Crippen LogP contribution in [0.15, 0.2) is 35.9 Å². The van der Waals surface area contributed by atoms with Gasteiger partial charge in [0, 0.05) is 0 Å². The molecule has 2 rings (SSSR count). The van der Waals surface area contributed by atoms with Gasteiger partial charge in [0.2, 0.25) is 0 Å². The fraction of sp³-hybridized carbons (Fsp3) is 0.500. The van der Waals surface area contributed by atoms with E-state index >= 15 is 0 Å². The molecule has 1 aliphatic rings. The van der Waals surface area contributed by atoms with Crippen LogP contribution in [-0.2, 0) is 0 Å². The van der Waals surface area contributed by atoms with Gasteiger partial charge >= 0.3 is 0 Å². The third-order valence-electron chi connectivity index (χ3n) is 2.66. The van der Waals surface area contributed by atoms with E-state index in [1.807, 2.05) is 13.8 Å². The predicted octanol–water partition coefficient (Wildman–Crippen LogP) is 4.24. The lowest BCUT2D eigenvalue weighted by atomic mass is 10.0. The number of allylic oxidation sites excluding steroid dienone is 1. The molecule has 1 heteroatoms. The maximum Gasteiger partial charge on any atom is -0.00179 e. The van der Waals surface area contributed by atoms with Gasteiger partial charge in [0.25, 0.3) is 0 Å². The molecule has 0 aromatic heterocycles. The van der Waals surface area contributed by atoms with E-state index in [9.17, 15) is 0 Å². The molecule has 0 saturated heterocycles. The molecule has 1 aromatic carbocycles. The van der Waals surface area contributed by atoms with Crippen molar-refractivity contribution in [2.45, 2.75) is 46.1 Å². The first-order valence-electron chi connectivity index (χ1n) is 6.64. The lowest BCUT2D eigenvalue weighted by molar-refractivity contribution is 0.834. The first-order valence-corrected chi connectivity index (χ1v) is 6.64. The summed E-state index contributed by atoms with van der Waals surface area (Å²) in [4.78, 5) is 0. The van der Waals surface area contributed by atoms with E-state index in [1.165, 1.54) is 24.8 Å². The summed E-state index contributed by atoms with van der Waals surface area (Å²) < 4.78 is 0. The van der Waals surface area contributed by atoms with Gasteiger partial charge in [-0.15, -0.1) is 0 Å². The number of rotatable bonds is 3. The zero-order valence-electron chi connectivity index (χ0n) is 11.3. The molecule has 0 spiro atoms. The molecule has 1 saturated carbocycles. The highest BCUT2D eigenvalue weighted by atomic mass is 14.6. The highest BCUT2D eigenvalue weighted by Crippen LogP contribution is 2.38. The monoisotopic (exact) mass is 231 g/mol. The normalized spacial score (nSPS) is 15.5. The number of hydrogen-bond acceptors (Lipinski definition) is 1. The van der Waals surface area contributed by atoms with E-state index < -0.39 is 0 Å². The van der Waals surface area contributed by atoms with Crippen molar-refractivity contribution in [1.29, 1.82) is 0 Å². The molecule has 1 nitrogen and oxygen atoms in total. The highest BCUT2D eigenvalue weighted by Gasteiger charge is 2.24. The molecule has 2 N–H and O–H groups in total. The maximum atomic E-state index is 5.11. The molecular weight excluding hydrogens is 206 g/mol. The van der Waals surface area contributed by atoms with Crippen molar-refractivity contribution in [2.24, 2.45) is 11.7 Å². The Kier molecular flexibility index (Phi) is 5.99. The second-order valence-corrected chi connectivity index (χ2v) is 5.00. The Morgan fingerprint density at radius 1 is 1.29 bits per heavy atom. The summed E-state index contributed by atoms with van der Waals surface area (Å²) in [6.07, 6.45) is 6.39. The summed E-state index contributed by atoms with van der Waals surface area (Å²) in [6, 6.07) is 11.0. The Hall–Kier alpha value is -1.08. The third-order valence-corrected chi connectivity index (χ3v) is 2.66. The molecule has 94 valence electrons. The van der Waals surface area contributed by atoms with E-state index in [0.29, 0.717) is 6.04 Å². The summed E-state index contributed by atoms with van der Waals surface area (Å²) in [7, 11) is 0. The van der Waals surface area contributed by atoms with Crippen LogP contribution >= 0.6 is 0 Å². The number of benzene rings is 1. The average molecular weight is 231 g/mol. The van der Waals surface area contributed by atoms with Crippen LogP contribution in [0.25, 0.3) is 6.08 Å². The van der Waals surface area contributed by atoms with Crippen molar-refractivity contribution in [3.8, 4) is 0 Å². The van der Waals surface area contributed by atoms with Gasteiger partial charge in [-0.2, -0.15) is 0 Å². The lowest BCUT2D eigenvalue weighted by Crippen LogP contribution is -2.06. The molecule has 1 fully saturated rings. The van der Waals surface area contributed by atoms with Crippen LogP contribution in [0.1, 0.15) is 45.6 Å². The summed E-state index contributed by atoms with van der Waals surface area (Å²) in [5.74, 6) is 0.908. The molecule has 0 unspecified atom stereocenters. The molecule has 1 aliphatic carbocycles. The van der Waals surface area contributed by atoms with Crippen molar-refractivity contribution in [3.63, 3.8) is 0 Å². The van der Waals surface area contributed by atoms with Crippen LogP contribution in [0.2, 0.25) is 0 Å². The molecule has 0 amide bonds. The molecule has 0 aliphatic heterocycles. The summed E-state index contributed by atoms with van der Waals surface area (Å²) in [6.45, 7) is 6.15. The second-order valence-electron chi connectivity index (χ2n) is 5.00. The fourth-order valence-corrected chi connectivity index (χ4v) is 1.73. The Morgan fingerprint density at radius 3 is 2.24 bits per heavy atom. The van der Waals surface area contributed by atoms with Gasteiger partial charge < -0.3 is 5.73 Å². The molecule has 0 bridgehead atoms. The fourth-order valence-electron chi connectivity index (χ4n) is 1.73. The van der Waals surface area contributed by atoms with Crippen LogP contribution in [0, 0.1) is 5.92 Å². The molecule has 0 atom stereocenters. The molecule has 17 heavy (non-hydrogen) atoms. The Morgan fingerprint density at radius 2 is 1.82 bits per heavy atom. The van der Waals surface area contributed by atoms with E-state index in [0.717, 1.165) is 5.92 Å². The van der Waals surface area contributed by atoms with E-state index in [1.54, 1.807) is 5.57 Å². The van der Waals surface area contributed by atoms with Crippen molar-refractivity contribution in [3.05, 3.63) is 41.5 Å². The van der Waals surface area contributed by atoms with Crippen molar-refractivity contribution in [2.75, 3.05) is 0 Å². The van der Waals surface area contributed by atoms with Gasteiger partial charge in [-0.1, -0.05) is 62.8 Å². The molecular formula is C16H25N. The van der Waals surface area contributed by atoms with Gasteiger partial charge in [-0.05, 0) is 36.8 Å². The second kappa shape index (κ2) is 7.29. The van der Waals surface area contributed by atoms with Gasteiger partial charge in [0.1, 0.15) is 0 Å². The summed E-state index contributed by atoms with van der Waals surface area (Å²) in [5, 5.41) is 0. The minimum atomic E-state index is 0.333. The van der Waals surface area contributed by atoms with Gasteiger partial charge in [0.05, 0.1) is 0 Å². The number of hydrogen-bond donors (Lipinski definition) is 1. The highest BCUT2D eigenvalue weighted by molar-refractivity contribution is 5.53. The Bertz CT molecular complexity index is 331. The lowest BCUT2D eigenvalue weighted by Gasteiger charge is -2.01. The minimum absolute atomic E-state index is 0.333. The predicted molar refractivity (Wildman–Crippen MR) is 76.8 cm³/mol. The van der Waals surface area contributed by atoms with Crippen LogP contribution in [0.4, 0.5) is 0 Å². The average Bonchev–Trinajstić information content (AvgIpc) is 3.10. The SMILES string of the molecule is CC(C)N.CC/C(=C\c1ccccc1)C1CC1. The third kappa shape index (κ3) is 6.28. The van der Waals surface area contributed by atoms with Gasteiger partial charge in [0.15, 0.2) is 0 Å². The van der Waals surface area contributed by atoms with E-state index in [4.69, 9.17) is 5.73 Å². The molecule has 0 radical (unpaired) electrons. The van der Waals surface area contributed by atoms with E-state index in [2.05, 4.69) is 43.3 Å². The Labute approximate surface area is 106 Å². The first-order chi connectivity index (χ1) is 8.13. The maximum absolute atomic E-state index is 5.11. The summed E-state index contributed by atoms with van der Waals surface area (Å²) >= 11 is 0. The topological polar surface area (TPSA) is 26.0 Å². The number of nitrogens with two attached hydrogens (primary N) is 1. The van der Waals surface area contributed by atoms with Crippen LogP contribution in [0.5, 0.6) is 0 Å². The smallest absolute Gasteiger partial charge is 0.00179 e. The van der Waals surface area contributed by atoms with Crippen LogP contribution < -0.4 is 5.73 Å². The minimum Gasteiger partial charge on any atom is -0.328 e. The largest absolute Gasteiger partial charge is 0.328 e. The standard InChI is InChI=1S/C13H16.C3H9N/c1-2-12(13-8-9-13)10-11-6-4-3-5-7-11;1-3(2)4/h3-7,10,13H,2,8-9H2,1H3;3H,4H2,1-2H3/b12-10+;. The van der Waals surface area contributed by atoms with E-state index in [-0.39, 0.29) is 0 Å². The van der Waals surface area contributed by atoms with Crippen LogP contribution in [0.3, 0.4) is 0 Å². The Balaban J connectivity index is 0.000000317.